The monoisotopic (exact) mass is 321 g/mol. The van der Waals surface area contributed by atoms with Crippen molar-refractivity contribution in [2.45, 2.75) is 0 Å². The van der Waals surface area contributed by atoms with Gasteiger partial charge in [0.05, 0.1) is 20.8 Å². The van der Waals surface area contributed by atoms with Crippen molar-refractivity contribution in [1.82, 2.24) is 14.5 Å². The van der Waals surface area contributed by atoms with Gasteiger partial charge in [-0.25, -0.2) is 4.98 Å². The Bertz CT molecular complexity index is 968. The van der Waals surface area contributed by atoms with Crippen molar-refractivity contribution >= 4 is 38.6 Å². The molecule has 0 bridgehead atoms. The predicted octanol–water partition coefficient (Wildman–Crippen LogP) is 4.02. The van der Waals surface area contributed by atoms with Gasteiger partial charge in [-0.05, 0) is 36.4 Å². The first kappa shape index (κ1) is 13.8. The average molecular weight is 321 g/mol. The molecule has 0 fully saturated rings. The van der Waals surface area contributed by atoms with Gasteiger partial charge in [-0.2, -0.15) is 0 Å². The van der Waals surface area contributed by atoms with Crippen LogP contribution in [0.2, 0.25) is 0 Å². The molecular weight excluding hydrogens is 306 g/mol. The number of hydrogen-bond acceptors (Lipinski definition) is 5. The maximum Gasteiger partial charge on any atom is 0.149 e. The molecule has 0 aliphatic heterocycles. The number of rotatable bonds is 3. The summed E-state index contributed by atoms with van der Waals surface area (Å²) in [6.45, 7) is 0. The minimum Gasteiger partial charge on any atom is -0.399 e. The predicted molar refractivity (Wildman–Crippen MR) is 96.0 cm³/mol. The van der Waals surface area contributed by atoms with E-state index in [2.05, 4.69) is 21.4 Å². The van der Waals surface area contributed by atoms with E-state index in [-0.39, 0.29) is 0 Å². The van der Waals surface area contributed by atoms with Gasteiger partial charge in [0.1, 0.15) is 5.82 Å². The fourth-order valence-electron chi connectivity index (χ4n) is 2.47. The van der Waals surface area contributed by atoms with Gasteiger partial charge in [0.2, 0.25) is 0 Å². The largest absolute Gasteiger partial charge is 0.399 e. The summed E-state index contributed by atoms with van der Waals surface area (Å²) in [5.74, 6) is 0.950. The molecule has 6 heteroatoms. The van der Waals surface area contributed by atoms with Gasteiger partial charge in [0.15, 0.2) is 0 Å². The first-order valence-corrected chi connectivity index (χ1v) is 8.01. The third kappa shape index (κ3) is 2.53. The standard InChI is InChI=1S/C17H15N5S/c1-22-9-8-20-17(22)15-10-14-16(23-15)13(6-7-19-14)21-12-4-2-11(18)3-5-12/h2-10H,18H2,1H3,(H,19,21). The molecule has 0 spiro atoms. The summed E-state index contributed by atoms with van der Waals surface area (Å²) in [6, 6.07) is 11.8. The Balaban J connectivity index is 1.77. The van der Waals surface area contributed by atoms with E-state index in [1.165, 1.54) is 0 Å². The van der Waals surface area contributed by atoms with Crippen molar-refractivity contribution in [3.05, 3.63) is 55.0 Å². The van der Waals surface area contributed by atoms with Crippen LogP contribution in [0.5, 0.6) is 0 Å². The number of aromatic nitrogens is 3. The third-order valence-corrected chi connectivity index (χ3v) is 4.80. The second kappa shape index (κ2) is 5.40. The molecule has 3 heterocycles. The van der Waals surface area contributed by atoms with Crippen LogP contribution in [0.4, 0.5) is 17.1 Å². The number of imidazole rings is 1. The number of nitrogens with one attached hydrogen (secondary N) is 1. The lowest BCUT2D eigenvalue weighted by molar-refractivity contribution is 0.928. The Morgan fingerprint density at radius 3 is 2.65 bits per heavy atom. The van der Waals surface area contributed by atoms with Crippen LogP contribution in [0.1, 0.15) is 0 Å². The molecule has 3 N–H and O–H groups in total. The van der Waals surface area contributed by atoms with Gasteiger partial charge in [-0.1, -0.05) is 0 Å². The van der Waals surface area contributed by atoms with E-state index in [1.807, 2.05) is 54.3 Å². The fraction of sp³-hybridized carbons (Fsp3) is 0.0588. The molecule has 1 aromatic carbocycles. The molecule has 0 aliphatic rings. The first-order valence-electron chi connectivity index (χ1n) is 7.19. The molecule has 0 amide bonds. The third-order valence-electron chi connectivity index (χ3n) is 3.64. The maximum atomic E-state index is 5.74. The molecule has 5 nitrogen and oxygen atoms in total. The number of nitrogens with zero attached hydrogens (tertiary/aromatic N) is 3. The minimum absolute atomic E-state index is 0.753. The van der Waals surface area contributed by atoms with E-state index in [0.29, 0.717) is 0 Å². The molecule has 0 radical (unpaired) electrons. The number of aryl methyl sites for hydroxylation is 1. The van der Waals surface area contributed by atoms with Crippen LogP contribution in [-0.4, -0.2) is 14.5 Å². The number of nitrogen functional groups attached to an aromatic ring is 1. The van der Waals surface area contributed by atoms with Crippen LogP contribution in [0.3, 0.4) is 0 Å². The molecule has 0 unspecified atom stereocenters. The van der Waals surface area contributed by atoms with Crippen molar-refractivity contribution in [2.75, 3.05) is 11.1 Å². The Kier molecular flexibility index (Phi) is 3.24. The second-order valence-corrected chi connectivity index (χ2v) is 6.34. The molecule has 0 saturated heterocycles. The van der Waals surface area contributed by atoms with Crippen LogP contribution >= 0.6 is 11.3 Å². The summed E-state index contributed by atoms with van der Waals surface area (Å²) in [5.41, 5.74) is 9.49. The molecular formula is C17H15N5S. The average Bonchev–Trinajstić information content (AvgIpc) is 3.15. The van der Waals surface area contributed by atoms with Crippen LogP contribution in [0.15, 0.2) is 55.0 Å². The van der Waals surface area contributed by atoms with Crippen LogP contribution < -0.4 is 11.1 Å². The topological polar surface area (TPSA) is 68.8 Å². The van der Waals surface area contributed by atoms with E-state index in [9.17, 15) is 0 Å². The lowest BCUT2D eigenvalue weighted by Crippen LogP contribution is -1.91. The molecule has 0 saturated carbocycles. The quantitative estimate of drug-likeness (QED) is 0.559. The number of pyridine rings is 1. The van der Waals surface area contributed by atoms with Crippen molar-refractivity contribution in [2.24, 2.45) is 7.05 Å². The van der Waals surface area contributed by atoms with Gasteiger partial charge in [0, 0.05) is 37.0 Å². The molecule has 0 aliphatic carbocycles. The highest BCUT2D eigenvalue weighted by Gasteiger charge is 2.12. The zero-order valence-corrected chi connectivity index (χ0v) is 13.3. The molecule has 0 atom stereocenters. The van der Waals surface area contributed by atoms with Gasteiger partial charge in [-0.15, -0.1) is 11.3 Å². The molecule has 4 rings (SSSR count). The Labute approximate surface area is 137 Å². The smallest absolute Gasteiger partial charge is 0.149 e. The van der Waals surface area contributed by atoms with E-state index < -0.39 is 0 Å². The van der Waals surface area contributed by atoms with E-state index in [1.54, 1.807) is 17.5 Å². The lowest BCUT2D eigenvalue weighted by atomic mass is 10.2. The molecule has 4 aromatic rings. The normalized spacial score (nSPS) is 11.0. The summed E-state index contributed by atoms with van der Waals surface area (Å²) < 4.78 is 3.12. The zero-order valence-electron chi connectivity index (χ0n) is 12.5. The summed E-state index contributed by atoms with van der Waals surface area (Å²) in [5, 5.41) is 3.44. The zero-order chi connectivity index (χ0) is 15.8. The maximum absolute atomic E-state index is 5.74. The fourth-order valence-corrected chi connectivity index (χ4v) is 3.60. The van der Waals surface area contributed by atoms with E-state index in [0.717, 1.165) is 38.0 Å². The summed E-state index contributed by atoms with van der Waals surface area (Å²) in [7, 11) is 1.99. The number of fused-ring (bicyclic) bond motifs is 1. The van der Waals surface area contributed by atoms with Crippen molar-refractivity contribution in [1.29, 1.82) is 0 Å². The highest BCUT2D eigenvalue weighted by atomic mass is 32.1. The number of benzene rings is 1. The number of hydrogen-bond donors (Lipinski definition) is 2. The van der Waals surface area contributed by atoms with Crippen LogP contribution in [0.25, 0.3) is 20.9 Å². The van der Waals surface area contributed by atoms with Crippen LogP contribution in [-0.2, 0) is 7.05 Å². The SMILES string of the molecule is Cn1ccnc1-c1cc2nccc(Nc3ccc(N)cc3)c2s1. The van der Waals surface area contributed by atoms with E-state index in [4.69, 9.17) is 5.73 Å². The Morgan fingerprint density at radius 2 is 1.91 bits per heavy atom. The van der Waals surface area contributed by atoms with Gasteiger partial charge in [-0.3, -0.25) is 4.98 Å². The van der Waals surface area contributed by atoms with Gasteiger partial charge >= 0.3 is 0 Å². The van der Waals surface area contributed by atoms with Gasteiger partial charge < -0.3 is 15.6 Å². The number of nitrogens with two attached hydrogens (primary N) is 1. The highest BCUT2D eigenvalue weighted by Crippen LogP contribution is 2.36. The van der Waals surface area contributed by atoms with Gasteiger partial charge in [0.25, 0.3) is 0 Å². The summed E-state index contributed by atoms with van der Waals surface area (Å²) in [6.07, 6.45) is 5.57. The number of anilines is 3. The second-order valence-electron chi connectivity index (χ2n) is 5.29. The molecule has 23 heavy (non-hydrogen) atoms. The van der Waals surface area contributed by atoms with Crippen molar-refractivity contribution in [3.63, 3.8) is 0 Å². The molecule has 3 aromatic heterocycles. The van der Waals surface area contributed by atoms with Crippen molar-refractivity contribution in [3.8, 4) is 10.7 Å². The molecule has 114 valence electrons. The Morgan fingerprint density at radius 1 is 1.09 bits per heavy atom. The number of thiophene rings is 1. The Hall–Kier alpha value is -2.86. The van der Waals surface area contributed by atoms with Crippen LogP contribution in [0, 0.1) is 0 Å². The summed E-state index contributed by atoms with van der Waals surface area (Å²) >= 11 is 1.69. The lowest BCUT2D eigenvalue weighted by Gasteiger charge is -2.07. The van der Waals surface area contributed by atoms with Crippen molar-refractivity contribution < 1.29 is 0 Å². The van der Waals surface area contributed by atoms with E-state index >= 15 is 0 Å². The minimum atomic E-state index is 0.753. The highest BCUT2D eigenvalue weighted by molar-refractivity contribution is 7.22. The summed E-state index contributed by atoms with van der Waals surface area (Å²) in [4.78, 5) is 9.99. The first-order chi connectivity index (χ1) is 11.2.